The highest BCUT2D eigenvalue weighted by Crippen LogP contribution is 2.41. The van der Waals surface area contributed by atoms with E-state index < -0.39 is 0 Å². The van der Waals surface area contributed by atoms with Crippen molar-refractivity contribution in [3.8, 4) is 0 Å². The second-order valence-electron chi connectivity index (χ2n) is 6.12. The first-order valence-corrected chi connectivity index (χ1v) is 7.51. The van der Waals surface area contributed by atoms with Gasteiger partial charge >= 0.3 is 0 Å². The minimum Gasteiger partial charge on any atom is -0.380 e. The lowest BCUT2D eigenvalue weighted by Crippen LogP contribution is -2.18. The van der Waals surface area contributed by atoms with Gasteiger partial charge in [0.25, 0.3) is 0 Å². The van der Waals surface area contributed by atoms with Crippen LogP contribution >= 0.6 is 0 Å². The molecule has 4 heteroatoms. The Bertz CT molecular complexity index is 644. The first kappa shape index (κ1) is 12.4. The smallest absolute Gasteiger partial charge is 0.127 e. The van der Waals surface area contributed by atoms with Crippen molar-refractivity contribution in [3.63, 3.8) is 0 Å². The van der Waals surface area contributed by atoms with E-state index >= 15 is 0 Å². The number of ether oxygens (including phenoxy) is 1. The van der Waals surface area contributed by atoms with Crippen LogP contribution in [-0.2, 0) is 4.74 Å². The molecule has 1 N–H and O–H groups in total. The predicted octanol–water partition coefficient (Wildman–Crippen LogP) is 2.73. The highest BCUT2D eigenvalue weighted by atomic mass is 16.5. The Kier molecular flexibility index (Phi) is 2.82. The molecule has 2 heterocycles. The van der Waals surface area contributed by atoms with Gasteiger partial charge < -0.3 is 14.6 Å². The zero-order chi connectivity index (χ0) is 13.7. The van der Waals surface area contributed by atoms with Crippen LogP contribution in [0.5, 0.6) is 0 Å². The van der Waals surface area contributed by atoms with Gasteiger partial charge in [-0.25, -0.2) is 4.98 Å². The van der Waals surface area contributed by atoms with Gasteiger partial charge in [-0.15, -0.1) is 0 Å². The Morgan fingerprint density at radius 1 is 1.35 bits per heavy atom. The van der Waals surface area contributed by atoms with E-state index in [1.165, 1.54) is 29.7 Å². The number of imidazole rings is 1. The summed E-state index contributed by atoms with van der Waals surface area (Å²) in [6.45, 7) is 3.05. The molecule has 1 aromatic carbocycles. The zero-order valence-electron chi connectivity index (χ0n) is 12.1. The molecule has 2 unspecified atom stereocenters. The number of fused-ring (bicyclic) bond motifs is 1. The van der Waals surface area contributed by atoms with Crippen molar-refractivity contribution in [2.75, 3.05) is 13.7 Å². The molecule has 0 bridgehead atoms. The average molecular weight is 271 g/mol. The molecule has 20 heavy (non-hydrogen) atoms. The van der Waals surface area contributed by atoms with Gasteiger partial charge in [0.15, 0.2) is 0 Å². The van der Waals surface area contributed by atoms with Crippen LogP contribution in [0.1, 0.15) is 42.7 Å². The van der Waals surface area contributed by atoms with E-state index in [1.54, 1.807) is 7.11 Å². The van der Waals surface area contributed by atoms with Crippen LogP contribution in [0.15, 0.2) is 18.2 Å². The molecule has 1 saturated carbocycles. The van der Waals surface area contributed by atoms with Gasteiger partial charge in [0.1, 0.15) is 5.82 Å². The summed E-state index contributed by atoms with van der Waals surface area (Å²) in [5.41, 5.74) is 3.70. The van der Waals surface area contributed by atoms with Crippen LogP contribution in [0, 0.1) is 6.92 Å². The van der Waals surface area contributed by atoms with Gasteiger partial charge in [-0.2, -0.15) is 0 Å². The molecular weight excluding hydrogens is 250 g/mol. The largest absolute Gasteiger partial charge is 0.380 e. The summed E-state index contributed by atoms with van der Waals surface area (Å²) in [6.07, 6.45) is 3.90. The van der Waals surface area contributed by atoms with Crippen LogP contribution in [0.2, 0.25) is 0 Å². The van der Waals surface area contributed by atoms with Crippen molar-refractivity contribution in [3.05, 3.63) is 29.6 Å². The van der Waals surface area contributed by atoms with Crippen molar-refractivity contribution in [2.24, 2.45) is 0 Å². The molecule has 0 amide bonds. The molecule has 2 aromatic rings. The number of nitrogens with zero attached hydrogens (tertiary/aromatic N) is 2. The lowest BCUT2D eigenvalue weighted by molar-refractivity contribution is 0.117. The van der Waals surface area contributed by atoms with Crippen LogP contribution < -0.4 is 5.32 Å². The standard InChI is InChI=1S/C16H21N3O/c1-10-3-6-15-13(7-10)18-16(19(15)11-4-5-11)14-8-12(20-2)9-17-14/h3,6-7,11-12,14,17H,4-5,8-9H2,1-2H3. The number of nitrogens with one attached hydrogen (secondary N) is 1. The molecule has 2 fully saturated rings. The maximum absolute atomic E-state index is 5.47. The van der Waals surface area contributed by atoms with Crippen LogP contribution in [-0.4, -0.2) is 29.3 Å². The average Bonchev–Trinajstić information content (AvgIpc) is 3.04. The topological polar surface area (TPSA) is 39.1 Å². The first-order chi connectivity index (χ1) is 9.76. The lowest BCUT2D eigenvalue weighted by Gasteiger charge is -2.13. The Morgan fingerprint density at radius 2 is 2.20 bits per heavy atom. The maximum Gasteiger partial charge on any atom is 0.127 e. The van der Waals surface area contributed by atoms with E-state index in [0.29, 0.717) is 18.2 Å². The van der Waals surface area contributed by atoms with Gasteiger partial charge in [0.2, 0.25) is 0 Å². The predicted molar refractivity (Wildman–Crippen MR) is 78.9 cm³/mol. The van der Waals surface area contributed by atoms with E-state index in [1.807, 2.05) is 0 Å². The van der Waals surface area contributed by atoms with Gasteiger partial charge in [-0.05, 0) is 43.9 Å². The van der Waals surface area contributed by atoms with Gasteiger partial charge in [0.05, 0.1) is 23.2 Å². The summed E-state index contributed by atoms with van der Waals surface area (Å²) >= 11 is 0. The number of aryl methyl sites for hydroxylation is 1. The second kappa shape index (κ2) is 4.57. The molecule has 1 saturated heterocycles. The molecule has 1 aliphatic heterocycles. The number of rotatable bonds is 3. The minimum absolute atomic E-state index is 0.314. The third-order valence-corrected chi connectivity index (χ3v) is 4.52. The third kappa shape index (κ3) is 1.95. The molecular formula is C16H21N3O. The fraction of sp³-hybridized carbons (Fsp3) is 0.562. The molecule has 4 nitrogen and oxygen atoms in total. The molecule has 1 aliphatic carbocycles. The number of hydrogen-bond donors (Lipinski definition) is 1. The molecule has 2 atom stereocenters. The molecule has 1 aromatic heterocycles. The summed E-state index contributed by atoms with van der Waals surface area (Å²) < 4.78 is 7.94. The van der Waals surface area contributed by atoms with Crippen molar-refractivity contribution in [2.45, 2.75) is 44.4 Å². The Morgan fingerprint density at radius 3 is 2.90 bits per heavy atom. The summed E-state index contributed by atoms with van der Waals surface area (Å²) in [4.78, 5) is 4.93. The SMILES string of the molecule is COC1CNC(c2nc3cc(C)ccc3n2C2CC2)C1. The van der Waals surface area contributed by atoms with E-state index in [-0.39, 0.29) is 0 Å². The number of methoxy groups -OCH3 is 1. The first-order valence-electron chi connectivity index (χ1n) is 7.51. The van der Waals surface area contributed by atoms with E-state index in [0.717, 1.165) is 18.5 Å². The van der Waals surface area contributed by atoms with Gasteiger partial charge in [0, 0.05) is 19.7 Å². The van der Waals surface area contributed by atoms with Gasteiger partial charge in [-0.3, -0.25) is 0 Å². The van der Waals surface area contributed by atoms with E-state index in [9.17, 15) is 0 Å². The Balaban J connectivity index is 1.80. The molecule has 0 spiro atoms. The normalized spacial score (nSPS) is 26.5. The molecule has 4 rings (SSSR count). The number of aromatic nitrogens is 2. The van der Waals surface area contributed by atoms with Crippen molar-refractivity contribution < 1.29 is 4.74 Å². The highest BCUT2D eigenvalue weighted by Gasteiger charge is 2.34. The fourth-order valence-electron chi connectivity index (χ4n) is 3.27. The maximum atomic E-state index is 5.47. The highest BCUT2D eigenvalue weighted by molar-refractivity contribution is 5.77. The summed E-state index contributed by atoms with van der Waals surface area (Å²) in [7, 11) is 1.79. The van der Waals surface area contributed by atoms with E-state index in [4.69, 9.17) is 9.72 Å². The Labute approximate surface area is 119 Å². The fourth-order valence-corrected chi connectivity index (χ4v) is 3.27. The monoisotopic (exact) mass is 271 g/mol. The quantitative estimate of drug-likeness (QED) is 0.933. The summed E-state index contributed by atoms with van der Waals surface area (Å²) in [5.74, 6) is 1.20. The molecule has 0 radical (unpaired) electrons. The van der Waals surface area contributed by atoms with Crippen LogP contribution in [0.25, 0.3) is 11.0 Å². The second-order valence-corrected chi connectivity index (χ2v) is 6.12. The summed E-state index contributed by atoms with van der Waals surface area (Å²) in [5, 5.41) is 3.56. The van der Waals surface area contributed by atoms with E-state index in [2.05, 4.69) is 35.0 Å². The van der Waals surface area contributed by atoms with Crippen molar-refractivity contribution in [1.82, 2.24) is 14.9 Å². The number of hydrogen-bond acceptors (Lipinski definition) is 3. The van der Waals surface area contributed by atoms with Crippen LogP contribution in [0.3, 0.4) is 0 Å². The zero-order valence-corrected chi connectivity index (χ0v) is 12.1. The minimum atomic E-state index is 0.314. The van der Waals surface area contributed by atoms with Crippen molar-refractivity contribution >= 4 is 11.0 Å². The molecule has 2 aliphatic rings. The number of benzene rings is 1. The lowest BCUT2D eigenvalue weighted by atomic mass is 10.2. The van der Waals surface area contributed by atoms with Gasteiger partial charge in [-0.1, -0.05) is 6.07 Å². The van der Waals surface area contributed by atoms with Crippen LogP contribution in [0.4, 0.5) is 0 Å². The third-order valence-electron chi connectivity index (χ3n) is 4.52. The Hall–Kier alpha value is -1.39. The summed E-state index contributed by atoms with van der Waals surface area (Å²) in [6, 6.07) is 7.59. The van der Waals surface area contributed by atoms with Crippen molar-refractivity contribution in [1.29, 1.82) is 0 Å². The molecule has 106 valence electrons.